The second-order valence-corrected chi connectivity index (χ2v) is 4.13. The predicted octanol–water partition coefficient (Wildman–Crippen LogP) is 2.77. The Balaban J connectivity index is 0.00000144. The largest absolute Gasteiger partial charge is 0.314 e. The zero-order valence-electron chi connectivity index (χ0n) is 10.2. The SMILES string of the molecule is CC(c1ccc(F)cc1F)N1CCNCC1.Cl.Cl. The van der Waals surface area contributed by atoms with Crippen molar-refractivity contribution in [1.29, 1.82) is 0 Å². The summed E-state index contributed by atoms with van der Waals surface area (Å²) in [6.45, 7) is 5.61. The number of rotatable bonds is 2. The van der Waals surface area contributed by atoms with Crippen LogP contribution in [0, 0.1) is 11.6 Å². The second kappa shape index (κ2) is 7.89. The van der Waals surface area contributed by atoms with Gasteiger partial charge in [-0.3, -0.25) is 4.90 Å². The average Bonchev–Trinajstić information content (AvgIpc) is 2.29. The van der Waals surface area contributed by atoms with E-state index in [-0.39, 0.29) is 30.9 Å². The van der Waals surface area contributed by atoms with E-state index in [1.165, 1.54) is 12.1 Å². The molecule has 1 aliphatic rings. The van der Waals surface area contributed by atoms with Crippen LogP contribution in [0.15, 0.2) is 18.2 Å². The van der Waals surface area contributed by atoms with E-state index in [0.29, 0.717) is 5.56 Å². The molecule has 6 heteroatoms. The van der Waals surface area contributed by atoms with Gasteiger partial charge in [-0.05, 0) is 13.0 Å². The second-order valence-electron chi connectivity index (χ2n) is 4.13. The number of hydrogen-bond donors (Lipinski definition) is 1. The summed E-state index contributed by atoms with van der Waals surface area (Å²) in [6, 6.07) is 3.81. The standard InChI is InChI=1S/C12H16F2N2.2ClH/c1-9(16-6-4-15-5-7-16)11-3-2-10(13)8-12(11)14;;/h2-3,8-9,15H,4-7H2,1H3;2*1H. The molecule has 0 saturated carbocycles. The third kappa shape index (κ3) is 4.05. The molecule has 1 aromatic carbocycles. The molecule has 1 aromatic rings. The summed E-state index contributed by atoms with van der Waals surface area (Å²) in [7, 11) is 0. The van der Waals surface area contributed by atoms with Crippen molar-refractivity contribution in [3.8, 4) is 0 Å². The third-order valence-corrected chi connectivity index (χ3v) is 3.11. The van der Waals surface area contributed by atoms with Crippen LogP contribution in [0.3, 0.4) is 0 Å². The number of halogens is 4. The number of nitrogens with zero attached hydrogens (tertiary/aromatic N) is 1. The lowest BCUT2D eigenvalue weighted by atomic mass is 10.1. The number of nitrogens with one attached hydrogen (secondary N) is 1. The van der Waals surface area contributed by atoms with Crippen LogP contribution in [0.1, 0.15) is 18.5 Å². The molecule has 0 aromatic heterocycles. The van der Waals surface area contributed by atoms with E-state index in [0.717, 1.165) is 32.2 Å². The molecule has 1 N–H and O–H groups in total. The molecule has 1 saturated heterocycles. The van der Waals surface area contributed by atoms with E-state index in [1.807, 2.05) is 6.92 Å². The fraction of sp³-hybridized carbons (Fsp3) is 0.500. The van der Waals surface area contributed by atoms with Gasteiger partial charge in [0.15, 0.2) is 0 Å². The fourth-order valence-electron chi connectivity index (χ4n) is 2.11. The lowest BCUT2D eigenvalue weighted by Crippen LogP contribution is -2.44. The molecule has 1 atom stereocenters. The summed E-state index contributed by atoms with van der Waals surface area (Å²) in [5.74, 6) is -0.972. The zero-order chi connectivity index (χ0) is 11.5. The Morgan fingerprint density at radius 1 is 1.17 bits per heavy atom. The molecule has 1 fully saturated rings. The van der Waals surface area contributed by atoms with E-state index in [1.54, 1.807) is 0 Å². The normalized spacial score (nSPS) is 17.5. The van der Waals surface area contributed by atoms with Crippen LogP contribution in [0.2, 0.25) is 0 Å². The fourth-order valence-corrected chi connectivity index (χ4v) is 2.11. The molecule has 0 bridgehead atoms. The first-order chi connectivity index (χ1) is 7.68. The Morgan fingerprint density at radius 2 is 1.78 bits per heavy atom. The monoisotopic (exact) mass is 298 g/mol. The van der Waals surface area contributed by atoms with Gasteiger partial charge >= 0.3 is 0 Å². The summed E-state index contributed by atoms with van der Waals surface area (Å²) in [5, 5.41) is 3.25. The third-order valence-electron chi connectivity index (χ3n) is 3.11. The highest BCUT2D eigenvalue weighted by Crippen LogP contribution is 2.23. The molecule has 1 heterocycles. The van der Waals surface area contributed by atoms with Crippen LogP contribution >= 0.6 is 24.8 Å². The van der Waals surface area contributed by atoms with E-state index >= 15 is 0 Å². The van der Waals surface area contributed by atoms with E-state index in [9.17, 15) is 8.78 Å². The summed E-state index contributed by atoms with van der Waals surface area (Å²) < 4.78 is 26.4. The molecule has 0 aliphatic carbocycles. The van der Waals surface area contributed by atoms with Crippen LogP contribution in [0.5, 0.6) is 0 Å². The summed E-state index contributed by atoms with van der Waals surface area (Å²) in [4.78, 5) is 2.20. The van der Waals surface area contributed by atoms with Crippen LogP contribution in [0.4, 0.5) is 8.78 Å². The zero-order valence-corrected chi connectivity index (χ0v) is 11.8. The van der Waals surface area contributed by atoms with Gasteiger partial charge in [0, 0.05) is 43.9 Å². The molecule has 104 valence electrons. The van der Waals surface area contributed by atoms with Crippen molar-refractivity contribution >= 4 is 24.8 Å². The Kier molecular flexibility index (Phi) is 7.71. The Hall–Kier alpha value is -0.420. The topological polar surface area (TPSA) is 15.3 Å². The van der Waals surface area contributed by atoms with Gasteiger partial charge in [-0.2, -0.15) is 0 Å². The van der Waals surface area contributed by atoms with Crippen molar-refractivity contribution in [1.82, 2.24) is 10.2 Å². The molecule has 1 unspecified atom stereocenters. The van der Waals surface area contributed by atoms with E-state index in [4.69, 9.17) is 0 Å². The van der Waals surface area contributed by atoms with Crippen molar-refractivity contribution in [3.05, 3.63) is 35.4 Å². The molecule has 0 radical (unpaired) electrons. The van der Waals surface area contributed by atoms with Gasteiger partial charge in [-0.25, -0.2) is 8.78 Å². The van der Waals surface area contributed by atoms with Gasteiger partial charge in [-0.15, -0.1) is 24.8 Å². The quantitative estimate of drug-likeness (QED) is 0.903. The van der Waals surface area contributed by atoms with Crippen LogP contribution < -0.4 is 5.32 Å². The summed E-state index contributed by atoms with van der Waals surface area (Å²) >= 11 is 0. The van der Waals surface area contributed by atoms with E-state index < -0.39 is 11.6 Å². The molecular formula is C12H18Cl2F2N2. The highest BCUT2D eigenvalue weighted by molar-refractivity contribution is 5.85. The predicted molar refractivity (Wildman–Crippen MR) is 73.7 cm³/mol. The van der Waals surface area contributed by atoms with Crippen molar-refractivity contribution in [2.75, 3.05) is 26.2 Å². The number of benzene rings is 1. The first-order valence-corrected chi connectivity index (χ1v) is 5.58. The maximum Gasteiger partial charge on any atom is 0.130 e. The van der Waals surface area contributed by atoms with Gasteiger partial charge < -0.3 is 5.32 Å². The van der Waals surface area contributed by atoms with Crippen molar-refractivity contribution in [2.24, 2.45) is 0 Å². The van der Waals surface area contributed by atoms with Gasteiger partial charge in [-0.1, -0.05) is 6.07 Å². The minimum Gasteiger partial charge on any atom is -0.314 e. The molecular weight excluding hydrogens is 281 g/mol. The van der Waals surface area contributed by atoms with Crippen LogP contribution in [-0.2, 0) is 0 Å². The molecule has 2 nitrogen and oxygen atoms in total. The van der Waals surface area contributed by atoms with E-state index in [2.05, 4.69) is 10.2 Å². The van der Waals surface area contributed by atoms with Crippen LogP contribution in [-0.4, -0.2) is 31.1 Å². The van der Waals surface area contributed by atoms with Gasteiger partial charge in [0.2, 0.25) is 0 Å². The molecule has 0 amide bonds. The molecule has 0 spiro atoms. The molecule has 1 aliphatic heterocycles. The minimum atomic E-state index is -0.520. The van der Waals surface area contributed by atoms with Crippen LogP contribution in [0.25, 0.3) is 0 Å². The Morgan fingerprint density at radius 3 is 2.33 bits per heavy atom. The summed E-state index contributed by atoms with van der Waals surface area (Å²) in [5.41, 5.74) is 0.573. The first kappa shape index (κ1) is 17.6. The lowest BCUT2D eigenvalue weighted by molar-refractivity contribution is 0.182. The molecule has 2 rings (SSSR count). The van der Waals surface area contributed by atoms with Crippen molar-refractivity contribution < 1.29 is 8.78 Å². The highest BCUT2D eigenvalue weighted by atomic mass is 35.5. The van der Waals surface area contributed by atoms with Crippen molar-refractivity contribution in [3.63, 3.8) is 0 Å². The maximum absolute atomic E-state index is 13.6. The summed E-state index contributed by atoms with van der Waals surface area (Å²) in [6.07, 6.45) is 0. The first-order valence-electron chi connectivity index (χ1n) is 5.58. The number of hydrogen-bond acceptors (Lipinski definition) is 2. The van der Waals surface area contributed by atoms with Crippen molar-refractivity contribution in [2.45, 2.75) is 13.0 Å². The number of piperazine rings is 1. The average molecular weight is 299 g/mol. The Bertz CT molecular complexity index is 371. The lowest BCUT2D eigenvalue weighted by Gasteiger charge is -2.33. The van der Waals surface area contributed by atoms with Gasteiger partial charge in [0.25, 0.3) is 0 Å². The smallest absolute Gasteiger partial charge is 0.130 e. The highest BCUT2D eigenvalue weighted by Gasteiger charge is 2.20. The van der Waals surface area contributed by atoms with Gasteiger partial charge in [0.05, 0.1) is 0 Å². The Labute approximate surface area is 119 Å². The molecule has 18 heavy (non-hydrogen) atoms. The maximum atomic E-state index is 13.6. The minimum absolute atomic E-state index is 0. The van der Waals surface area contributed by atoms with Gasteiger partial charge in [0.1, 0.15) is 11.6 Å².